The van der Waals surface area contributed by atoms with Gasteiger partial charge in [-0.15, -0.1) is 12.4 Å². The number of nitro benzene ring substituents is 1. The van der Waals surface area contributed by atoms with Crippen molar-refractivity contribution < 1.29 is 9.72 Å². The Bertz CT molecular complexity index is 486. The molecule has 0 unspecified atom stereocenters. The van der Waals surface area contributed by atoms with Crippen LogP contribution < -0.4 is 5.73 Å². The van der Waals surface area contributed by atoms with Crippen LogP contribution in [-0.2, 0) is 11.3 Å². The zero-order valence-corrected chi connectivity index (χ0v) is 12.0. The fourth-order valence-corrected chi connectivity index (χ4v) is 1.95. The van der Waals surface area contributed by atoms with Gasteiger partial charge in [-0.05, 0) is 25.3 Å². The number of amides is 1. The molecule has 20 heavy (non-hydrogen) atoms. The van der Waals surface area contributed by atoms with E-state index in [4.69, 9.17) is 5.73 Å². The van der Waals surface area contributed by atoms with Crippen molar-refractivity contribution in [1.82, 2.24) is 4.90 Å². The minimum Gasteiger partial charge on any atom is -0.334 e. The lowest BCUT2D eigenvalue weighted by molar-refractivity contribution is -0.384. The van der Waals surface area contributed by atoms with Crippen molar-refractivity contribution >= 4 is 24.0 Å². The Morgan fingerprint density at radius 2 is 2.00 bits per heavy atom. The Morgan fingerprint density at radius 1 is 1.45 bits per heavy atom. The highest BCUT2D eigenvalue weighted by atomic mass is 35.5. The summed E-state index contributed by atoms with van der Waals surface area (Å²) >= 11 is 0. The Morgan fingerprint density at radius 3 is 2.40 bits per heavy atom. The first-order valence-electron chi connectivity index (χ1n) is 6.28. The molecule has 7 heteroatoms. The summed E-state index contributed by atoms with van der Waals surface area (Å²) in [5.74, 6) is -0.0687. The molecule has 1 fully saturated rings. The van der Waals surface area contributed by atoms with Crippen molar-refractivity contribution in [2.75, 3.05) is 0 Å². The van der Waals surface area contributed by atoms with E-state index in [2.05, 4.69) is 0 Å². The Kier molecular flexibility index (Phi) is 5.47. The minimum absolute atomic E-state index is 0. The van der Waals surface area contributed by atoms with E-state index in [0.29, 0.717) is 6.54 Å². The summed E-state index contributed by atoms with van der Waals surface area (Å²) in [5, 5.41) is 10.6. The second-order valence-electron chi connectivity index (χ2n) is 4.91. The number of nitrogens with zero attached hydrogens (tertiary/aromatic N) is 2. The van der Waals surface area contributed by atoms with Crippen molar-refractivity contribution in [3.05, 3.63) is 39.9 Å². The van der Waals surface area contributed by atoms with E-state index >= 15 is 0 Å². The predicted octanol–water partition coefficient (Wildman–Crippen LogP) is 1.85. The number of hydrogen-bond donors (Lipinski definition) is 1. The van der Waals surface area contributed by atoms with Crippen LogP contribution in [0.15, 0.2) is 24.3 Å². The van der Waals surface area contributed by atoms with E-state index in [0.717, 1.165) is 18.4 Å². The topological polar surface area (TPSA) is 89.5 Å². The molecule has 2 rings (SSSR count). The Hall–Kier alpha value is -1.66. The number of nitro groups is 1. The molecular formula is C13H18ClN3O3. The van der Waals surface area contributed by atoms with Gasteiger partial charge in [-0.25, -0.2) is 0 Å². The highest BCUT2D eigenvalue weighted by Gasteiger charge is 2.33. The summed E-state index contributed by atoms with van der Waals surface area (Å²) in [4.78, 5) is 23.9. The molecule has 0 spiro atoms. The summed E-state index contributed by atoms with van der Waals surface area (Å²) in [5.41, 5.74) is 6.58. The molecule has 2 N–H and O–H groups in total. The minimum atomic E-state index is -0.515. The molecule has 0 aromatic heterocycles. The van der Waals surface area contributed by atoms with Crippen LogP contribution in [-0.4, -0.2) is 27.8 Å². The van der Waals surface area contributed by atoms with E-state index in [1.165, 1.54) is 12.1 Å². The molecule has 0 radical (unpaired) electrons. The monoisotopic (exact) mass is 299 g/mol. The number of carbonyl (C=O) groups is 1. The van der Waals surface area contributed by atoms with Crippen molar-refractivity contribution in [2.24, 2.45) is 5.73 Å². The maximum Gasteiger partial charge on any atom is 0.269 e. The lowest BCUT2D eigenvalue weighted by Crippen LogP contribution is -2.42. The number of hydrogen-bond acceptors (Lipinski definition) is 4. The number of halogens is 1. The van der Waals surface area contributed by atoms with E-state index in [1.807, 2.05) is 0 Å². The van der Waals surface area contributed by atoms with Gasteiger partial charge in [0, 0.05) is 24.7 Å². The fraction of sp³-hybridized carbons (Fsp3) is 0.462. The standard InChI is InChI=1S/C13H17N3O3.ClH/c1-9(14)13(17)15(11-6-7-11)8-10-2-4-12(5-3-10)16(18)19;/h2-5,9,11H,6-8,14H2,1H3;1H/t9-;/m1./s1. The van der Waals surface area contributed by atoms with Crippen LogP contribution in [0.1, 0.15) is 25.3 Å². The van der Waals surface area contributed by atoms with Crippen LogP contribution in [0.3, 0.4) is 0 Å². The lowest BCUT2D eigenvalue weighted by atomic mass is 10.1. The molecule has 0 bridgehead atoms. The summed E-state index contributed by atoms with van der Waals surface area (Å²) in [6, 6.07) is 6.03. The lowest BCUT2D eigenvalue weighted by Gasteiger charge is -2.24. The van der Waals surface area contributed by atoms with E-state index in [1.54, 1.807) is 24.0 Å². The highest BCUT2D eigenvalue weighted by molar-refractivity contribution is 5.85. The van der Waals surface area contributed by atoms with Gasteiger partial charge in [0.25, 0.3) is 5.69 Å². The summed E-state index contributed by atoms with van der Waals surface area (Å²) in [6.07, 6.45) is 2.01. The van der Waals surface area contributed by atoms with Gasteiger partial charge in [0.15, 0.2) is 0 Å². The second-order valence-corrected chi connectivity index (χ2v) is 4.91. The Balaban J connectivity index is 0.00000200. The van der Waals surface area contributed by atoms with Crippen LogP contribution in [0.5, 0.6) is 0 Å². The SMILES string of the molecule is C[C@@H](N)C(=O)N(Cc1ccc([N+](=O)[O-])cc1)C1CC1.Cl. The first kappa shape index (κ1) is 16.4. The van der Waals surface area contributed by atoms with Gasteiger partial charge in [0.2, 0.25) is 5.91 Å². The maximum absolute atomic E-state index is 12.0. The molecule has 1 saturated carbocycles. The van der Waals surface area contributed by atoms with Gasteiger partial charge in [0.05, 0.1) is 11.0 Å². The third-order valence-electron chi connectivity index (χ3n) is 3.16. The van der Waals surface area contributed by atoms with Crippen molar-refractivity contribution in [1.29, 1.82) is 0 Å². The molecule has 110 valence electrons. The third-order valence-corrected chi connectivity index (χ3v) is 3.16. The van der Waals surface area contributed by atoms with Crippen LogP contribution in [0, 0.1) is 10.1 Å². The summed E-state index contributed by atoms with van der Waals surface area (Å²) < 4.78 is 0. The van der Waals surface area contributed by atoms with Gasteiger partial charge in [-0.3, -0.25) is 14.9 Å². The van der Waals surface area contributed by atoms with E-state index in [-0.39, 0.29) is 30.0 Å². The van der Waals surface area contributed by atoms with Gasteiger partial charge in [-0.2, -0.15) is 0 Å². The first-order valence-corrected chi connectivity index (χ1v) is 6.28. The zero-order valence-electron chi connectivity index (χ0n) is 11.2. The van der Waals surface area contributed by atoms with Crippen molar-refractivity contribution in [3.63, 3.8) is 0 Å². The quantitative estimate of drug-likeness (QED) is 0.663. The number of carbonyl (C=O) groups excluding carboxylic acids is 1. The molecule has 1 atom stereocenters. The van der Waals surface area contributed by atoms with Gasteiger partial charge < -0.3 is 10.6 Å². The number of nitrogens with two attached hydrogens (primary N) is 1. The molecular weight excluding hydrogens is 282 g/mol. The van der Waals surface area contributed by atoms with Crippen molar-refractivity contribution in [2.45, 2.75) is 38.4 Å². The van der Waals surface area contributed by atoms with Crippen LogP contribution in [0.25, 0.3) is 0 Å². The molecule has 6 nitrogen and oxygen atoms in total. The molecule has 1 aliphatic rings. The predicted molar refractivity (Wildman–Crippen MR) is 77.6 cm³/mol. The number of non-ortho nitro benzene ring substituents is 1. The van der Waals surface area contributed by atoms with E-state index < -0.39 is 11.0 Å². The van der Waals surface area contributed by atoms with Gasteiger partial charge in [-0.1, -0.05) is 12.1 Å². The van der Waals surface area contributed by atoms with Crippen LogP contribution in [0.2, 0.25) is 0 Å². The molecule has 0 heterocycles. The number of benzene rings is 1. The second kappa shape index (κ2) is 6.67. The van der Waals surface area contributed by atoms with Crippen molar-refractivity contribution in [3.8, 4) is 0 Å². The average molecular weight is 300 g/mol. The van der Waals surface area contributed by atoms with E-state index in [9.17, 15) is 14.9 Å². The zero-order chi connectivity index (χ0) is 14.0. The fourth-order valence-electron chi connectivity index (χ4n) is 1.95. The molecule has 0 saturated heterocycles. The highest BCUT2D eigenvalue weighted by Crippen LogP contribution is 2.29. The Labute approximate surface area is 123 Å². The smallest absolute Gasteiger partial charge is 0.269 e. The number of rotatable bonds is 5. The summed E-state index contributed by atoms with van der Waals surface area (Å²) in [7, 11) is 0. The normalized spacial score (nSPS) is 15.1. The molecule has 1 aliphatic carbocycles. The third kappa shape index (κ3) is 3.91. The van der Waals surface area contributed by atoms with Gasteiger partial charge in [0.1, 0.15) is 0 Å². The van der Waals surface area contributed by atoms with Crippen LogP contribution in [0.4, 0.5) is 5.69 Å². The first-order chi connectivity index (χ1) is 8.99. The van der Waals surface area contributed by atoms with Gasteiger partial charge >= 0.3 is 0 Å². The maximum atomic E-state index is 12.0. The summed E-state index contributed by atoms with van der Waals surface area (Å²) in [6.45, 7) is 2.14. The molecule has 0 aliphatic heterocycles. The molecule has 1 amide bonds. The van der Waals surface area contributed by atoms with Crippen LogP contribution >= 0.6 is 12.4 Å². The molecule has 1 aromatic carbocycles. The largest absolute Gasteiger partial charge is 0.334 e. The average Bonchev–Trinajstić information content (AvgIpc) is 3.19. The molecule has 1 aromatic rings.